The molecule has 5 nitrogen and oxygen atoms in total. The van der Waals surface area contributed by atoms with E-state index in [4.69, 9.17) is 14.7 Å². The Morgan fingerprint density at radius 1 is 1.16 bits per heavy atom. The molecule has 32 heavy (non-hydrogen) atoms. The molecular weight excluding hydrogens is 458 g/mol. The van der Waals surface area contributed by atoms with E-state index in [0.717, 1.165) is 70.3 Å². The summed E-state index contributed by atoms with van der Waals surface area (Å²) in [6, 6.07) is 10.3. The third-order valence-corrected chi connectivity index (χ3v) is 9.26. The van der Waals surface area contributed by atoms with Crippen molar-refractivity contribution >= 4 is 44.7 Å². The molecule has 1 aromatic carbocycles. The van der Waals surface area contributed by atoms with E-state index in [1.807, 2.05) is 22.8 Å². The summed E-state index contributed by atoms with van der Waals surface area (Å²) in [5, 5.41) is 4.77. The van der Waals surface area contributed by atoms with Gasteiger partial charge in [-0.2, -0.15) is 0 Å². The van der Waals surface area contributed by atoms with Crippen LogP contribution in [0, 0.1) is 0 Å². The maximum Gasteiger partial charge on any atom is 0.263 e. The highest BCUT2D eigenvalue weighted by Gasteiger charge is 2.25. The number of hydrogen-bond acceptors (Lipinski definition) is 7. The highest BCUT2D eigenvalue weighted by Crippen LogP contribution is 2.36. The average molecular weight is 482 g/mol. The normalized spacial score (nSPS) is 17.9. The molecule has 1 atom stereocenters. The minimum absolute atomic E-state index is 0.0990. The maximum atomic E-state index is 13.6. The Balaban J connectivity index is 1.32. The number of fused-ring (bicyclic) bond motifs is 3. The van der Waals surface area contributed by atoms with Gasteiger partial charge in [-0.1, -0.05) is 42.1 Å². The number of thiophene rings is 1. The Morgan fingerprint density at radius 3 is 2.91 bits per heavy atom. The number of ether oxygens (including phenoxy) is 1. The van der Waals surface area contributed by atoms with E-state index < -0.39 is 0 Å². The van der Waals surface area contributed by atoms with Crippen LogP contribution in [0.3, 0.4) is 0 Å². The molecule has 0 bridgehead atoms. The van der Waals surface area contributed by atoms with Crippen molar-refractivity contribution in [2.45, 2.75) is 55.7 Å². The van der Waals surface area contributed by atoms with Crippen LogP contribution < -0.4 is 5.56 Å². The fraction of sp³-hybridized carbons (Fsp3) is 0.375. The fourth-order valence-electron chi connectivity index (χ4n) is 4.55. The molecule has 0 spiro atoms. The van der Waals surface area contributed by atoms with E-state index in [1.54, 1.807) is 34.4 Å². The lowest BCUT2D eigenvalue weighted by Gasteiger charge is -2.15. The summed E-state index contributed by atoms with van der Waals surface area (Å²) in [6.07, 6.45) is 5.38. The van der Waals surface area contributed by atoms with Crippen molar-refractivity contribution in [2.24, 2.45) is 0 Å². The minimum atomic E-state index is 0.0990. The highest BCUT2D eigenvalue weighted by molar-refractivity contribution is 7.98. The van der Waals surface area contributed by atoms with Crippen molar-refractivity contribution in [3.63, 3.8) is 0 Å². The van der Waals surface area contributed by atoms with Crippen LogP contribution in [0.15, 0.2) is 45.7 Å². The van der Waals surface area contributed by atoms with Crippen molar-refractivity contribution in [3.05, 3.63) is 62.2 Å². The molecule has 6 rings (SSSR count). The van der Waals surface area contributed by atoms with Crippen LogP contribution in [-0.4, -0.2) is 27.2 Å². The second-order valence-electron chi connectivity index (χ2n) is 8.28. The Kier molecular flexibility index (Phi) is 5.63. The predicted octanol–water partition coefficient (Wildman–Crippen LogP) is 5.54. The number of thioether (sulfide) groups is 1. The standard InChI is InChI=1S/C24H23N3O2S3/c28-23-20-18-9-4-10-19(18)32-22(20)26-24(27(23)12-17-8-5-11-29-17)31-14-16-13-30-21(25-16)15-6-2-1-3-7-15/h1-3,6-7,13,17H,4-5,8-12,14H2/t17-/m1/s1. The molecule has 2 aliphatic rings. The smallest absolute Gasteiger partial charge is 0.263 e. The zero-order valence-corrected chi connectivity index (χ0v) is 20.0. The maximum absolute atomic E-state index is 13.6. The van der Waals surface area contributed by atoms with Crippen LogP contribution in [0.2, 0.25) is 0 Å². The molecule has 4 aromatic rings. The highest BCUT2D eigenvalue weighted by atomic mass is 32.2. The Bertz CT molecular complexity index is 1320. The van der Waals surface area contributed by atoms with Gasteiger partial charge in [0.25, 0.3) is 5.56 Å². The molecule has 1 saturated heterocycles. The van der Waals surface area contributed by atoms with Gasteiger partial charge in [-0.15, -0.1) is 22.7 Å². The average Bonchev–Trinajstić information content (AvgIpc) is 3.60. The summed E-state index contributed by atoms with van der Waals surface area (Å²) in [5.41, 5.74) is 3.50. The van der Waals surface area contributed by atoms with E-state index in [0.29, 0.717) is 12.3 Å². The van der Waals surface area contributed by atoms with Crippen LogP contribution in [0.5, 0.6) is 0 Å². The second-order valence-corrected chi connectivity index (χ2v) is 11.2. The number of aryl methyl sites for hydroxylation is 2. The SMILES string of the molecule is O=c1c2c3c(sc2nc(SCc2csc(-c4ccccc4)n2)n1C[C@H]1CCCO1)CCC3. The number of hydrogen-bond donors (Lipinski definition) is 0. The van der Waals surface area contributed by atoms with Crippen molar-refractivity contribution in [3.8, 4) is 10.6 Å². The molecule has 0 unspecified atom stereocenters. The Hall–Kier alpha value is -2.00. The van der Waals surface area contributed by atoms with Crippen LogP contribution >= 0.6 is 34.4 Å². The molecule has 0 radical (unpaired) electrons. The monoisotopic (exact) mass is 481 g/mol. The topological polar surface area (TPSA) is 57.0 Å². The molecule has 1 fully saturated rings. The van der Waals surface area contributed by atoms with Gasteiger partial charge in [0, 0.05) is 28.2 Å². The first kappa shape index (κ1) is 20.6. The van der Waals surface area contributed by atoms with Gasteiger partial charge in [0.1, 0.15) is 9.84 Å². The number of nitrogens with zero attached hydrogens (tertiary/aromatic N) is 3. The van der Waals surface area contributed by atoms with Gasteiger partial charge < -0.3 is 4.74 Å². The van der Waals surface area contributed by atoms with E-state index in [-0.39, 0.29) is 11.7 Å². The van der Waals surface area contributed by atoms with Crippen LogP contribution in [0.4, 0.5) is 0 Å². The van der Waals surface area contributed by atoms with E-state index in [1.165, 1.54) is 10.4 Å². The van der Waals surface area contributed by atoms with Gasteiger partial charge in [0.2, 0.25) is 0 Å². The van der Waals surface area contributed by atoms with Gasteiger partial charge in [0.15, 0.2) is 5.16 Å². The lowest BCUT2D eigenvalue weighted by atomic mass is 10.2. The van der Waals surface area contributed by atoms with Gasteiger partial charge in [-0.3, -0.25) is 9.36 Å². The Morgan fingerprint density at radius 2 is 2.06 bits per heavy atom. The summed E-state index contributed by atoms with van der Waals surface area (Å²) in [7, 11) is 0. The molecule has 3 aromatic heterocycles. The number of thiazole rings is 1. The third-order valence-electron chi connectivity index (χ3n) is 6.12. The molecule has 8 heteroatoms. The van der Waals surface area contributed by atoms with Crippen LogP contribution in [0.1, 0.15) is 35.4 Å². The van der Waals surface area contributed by atoms with Crippen LogP contribution in [0.25, 0.3) is 20.8 Å². The van der Waals surface area contributed by atoms with Gasteiger partial charge >= 0.3 is 0 Å². The van der Waals surface area contributed by atoms with E-state index in [9.17, 15) is 4.79 Å². The predicted molar refractivity (Wildman–Crippen MR) is 132 cm³/mol. The van der Waals surface area contributed by atoms with Crippen molar-refractivity contribution in [2.75, 3.05) is 6.61 Å². The number of aromatic nitrogens is 3. The van der Waals surface area contributed by atoms with Gasteiger partial charge in [-0.25, -0.2) is 9.97 Å². The van der Waals surface area contributed by atoms with E-state index >= 15 is 0 Å². The fourth-order valence-corrected chi connectivity index (χ4v) is 7.68. The quantitative estimate of drug-likeness (QED) is 0.267. The largest absolute Gasteiger partial charge is 0.376 e. The molecule has 4 heterocycles. The van der Waals surface area contributed by atoms with Crippen molar-refractivity contribution < 1.29 is 4.74 Å². The third kappa shape index (κ3) is 3.83. The summed E-state index contributed by atoms with van der Waals surface area (Å²) >= 11 is 4.97. The summed E-state index contributed by atoms with van der Waals surface area (Å²) < 4.78 is 7.74. The molecule has 1 aliphatic carbocycles. The first-order valence-electron chi connectivity index (χ1n) is 11.1. The molecule has 164 valence electrons. The van der Waals surface area contributed by atoms with Gasteiger partial charge in [-0.05, 0) is 37.7 Å². The molecular formula is C24H23N3O2S3. The summed E-state index contributed by atoms with van der Waals surface area (Å²) in [4.78, 5) is 25.7. The lowest BCUT2D eigenvalue weighted by molar-refractivity contribution is 0.0937. The van der Waals surface area contributed by atoms with E-state index in [2.05, 4.69) is 17.5 Å². The van der Waals surface area contributed by atoms with Crippen LogP contribution in [-0.2, 0) is 29.9 Å². The van der Waals surface area contributed by atoms with Crippen molar-refractivity contribution in [1.82, 2.24) is 14.5 Å². The molecule has 1 aliphatic heterocycles. The first-order chi connectivity index (χ1) is 15.8. The molecule has 0 N–H and O–H groups in total. The second kappa shape index (κ2) is 8.74. The summed E-state index contributed by atoms with van der Waals surface area (Å²) in [6.45, 7) is 1.37. The number of rotatable bonds is 6. The zero-order chi connectivity index (χ0) is 21.5. The zero-order valence-electron chi connectivity index (χ0n) is 17.6. The number of benzene rings is 1. The lowest BCUT2D eigenvalue weighted by Crippen LogP contribution is -2.28. The summed E-state index contributed by atoms with van der Waals surface area (Å²) in [5.74, 6) is 0.692. The van der Waals surface area contributed by atoms with Gasteiger partial charge in [0.05, 0.1) is 23.7 Å². The van der Waals surface area contributed by atoms with Crippen molar-refractivity contribution in [1.29, 1.82) is 0 Å². The minimum Gasteiger partial charge on any atom is -0.376 e. The first-order valence-corrected chi connectivity index (χ1v) is 13.7. The molecule has 0 saturated carbocycles. The molecule has 0 amide bonds. The Labute approximate surface area is 198 Å².